The molecule has 0 aliphatic heterocycles. The van der Waals surface area contributed by atoms with Crippen molar-refractivity contribution in [1.29, 1.82) is 5.26 Å². The van der Waals surface area contributed by atoms with Gasteiger partial charge in [-0.2, -0.15) is 5.26 Å². The van der Waals surface area contributed by atoms with Crippen molar-refractivity contribution in [2.24, 2.45) is 0 Å². The van der Waals surface area contributed by atoms with Gasteiger partial charge in [0.15, 0.2) is 0 Å². The highest BCUT2D eigenvalue weighted by atomic mass is 16.5. The predicted molar refractivity (Wildman–Crippen MR) is 91.1 cm³/mol. The third-order valence-corrected chi connectivity index (χ3v) is 3.64. The molecule has 0 fully saturated rings. The predicted octanol–water partition coefficient (Wildman–Crippen LogP) is 2.08. The molecule has 0 aromatic heterocycles. The molecule has 6 nitrogen and oxygen atoms in total. The van der Waals surface area contributed by atoms with Crippen LogP contribution in [0.15, 0.2) is 48.5 Å². The fraction of sp³-hybridized carbons (Fsp3) is 0.211. The number of benzene rings is 2. The van der Waals surface area contributed by atoms with Crippen LogP contribution in [-0.2, 0) is 16.0 Å². The van der Waals surface area contributed by atoms with Gasteiger partial charge in [-0.3, -0.25) is 4.79 Å². The molecule has 1 N–H and O–H groups in total. The smallest absolute Gasteiger partial charge is 0.328 e. The van der Waals surface area contributed by atoms with Crippen molar-refractivity contribution in [2.45, 2.75) is 12.5 Å². The summed E-state index contributed by atoms with van der Waals surface area (Å²) in [5.74, 6) is -0.285. The standard InChI is InChI=1S/C19H18N2O4/c1-24-16-5-3-4-14(10-16)11-17(19(23)25-2)21-18(22)15-8-6-13(12-20)7-9-15/h3-10,17H,11H2,1-2H3,(H,21,22)/t17-/m1/s1. The van der Waals surface area contributed by atoms with E-state index in [9.17, 15) is 9.59 Å². The number of rotatable bonds is 6. The minimum Gasteiger partial charge on any atom is -0.497 e. The Morgan fingerprint density at radius 1 is 1.16 bits per heavy atom. The highest BCUT2D eigenvalue weighted by molar-refractivity contribution is 5.96. The maximum atomic E-state index is 12.4. The molecule has 128 valence electrons. The Morgan fingerprint density at radius 2 is 1.88 bits per heavy atom. The van der Waals surface area contributed by atoms with Crippen LogP contribution in [0.2, 0.25) is 0 Å². The number of carbonyl (C=O) groups excluding carboxylic acids is 2. The second-order valence-electron chi connectivity index (χ2n) is 5.29. The number of nitrogens with one attached hydrogen (secondary N) is 1. The van der Waals surface area contributed by atoms with E-state index in [2.05, 4.69) is 5.32 Å². The Bertz CT molecular complexity index is 794. The quantitative estimate of drug-likeness (QED) is 0.815. The largest absolute Gasteiger partial charge is 0.497 e. The number of nitrogens with zero attached hydrogens (tertiary/aromatic N) is 1. The average molecular weight is 338 g/mol. The number of methoxy groups -OCH3 is 2. The van der Waals surface area contributed by atoms with Crippen molar-refractivity contribution in [1.82, 2.24) is 5.32 Å². The van der Waals surface area contributed by atoms with Gasteiger partial charge in [0.05, 0.1) is 25.9 Å². The molecule has 0 heterocycles. The molecule has 0 bridgehead atoms. The van der Waals surface area contributed by atoms with Crippen LogP contribution in [0, 0.1) is 11.3 Å². The Hall–Kier alpha value is -3.33. The molecular weight excluding hydrogens is 320 g/mol. The van der Waals surface area contributed by atoms with Gasteiger partial charge < -0.3 is 14.8 Å². The molecule has 0 saturated carbocycles. The molecule has 1 atom stereocenters. The van der Waals surface area contributed by atoms with Gasteiger partial charge in [-0.05, 0) is 42.0 Å². The lowest BCUT2D eigenvalue weighted by molar-refractivity contribution is -0.142. The van der Waals surface area contributed by atoms with Crippen LogP contribution in [0.25, 0.3) is 0 Å². The number of nitriles is 1. The van der Waals surface area contributed by atoms with Crippen molar-refractivity contribution in [2.75, 3.05) is 14.2 Å². The van der Waals surface area contributed by atoms with Gasteiger partial charge in [0.1, 0.15) is 11.8 Å². The fourth-order valence-electron chi connectivity index (χ4n) is 2.31. The van der Waals surface area contributed by atoms with E-state index in [0.717, 1.165) is 5.56 Å². The first-order valence-electron chi connectivity index (χ1n) is 7.59. The van der Waals surface area contributed by atoms with Crippen molar-refractivity contribution >= 4 is 11.9 Å². The van der Waals surface area contributed by atoms with E-state index in [1.807, 2.05) is 18.2 Å². The average Bonchev–Trinajstić information content (AvgIpc) is 2.66. The lowest BCUT2D eigenvalue weighted by atomic mass is 10.0. The van der Waals surface area contributed by atoms with E-state index in [-0.39, 0.29) is 6.42 Å². The van der Waals surface area contributed by atoms with Crippen LogP contribution in [0.3, 0.4) is 0 Å². The van der Waals surface area contributed by atoms with Crippen LogP contribution < -0.4 is 10.1 Å². The van der Waals surface area contributed by atoms with Gasteiger partial charge in [-0.1, -0.05) is 12.1 Å². The number of ether oxygens (including phenoxy) is 2. The summed E-state index contributed by atoms with van der Waals surface area (Å²) < 4.78 is 9.95. The molecule has 0 saturated heterocycles. The molecule has 2 aromatic rings. The summed E-state index contributed by atoms with van der Waals surface area (Å²) in [7, 11) is 2.83. The first-order valence-corrected chi connectivity index (χ1v) is 7.59. The van der Waals surface area contributed by atoms with E-state index in [0.29, 0.717) is 16.9 Å². The first kappa shape index (κ1) is 18.0. The minimum absolute atomic E-state index is 0.270. The first-order chi connectivity index (χ1) is 12.1. The van der Waals surface area contributed by atoms with Crippen LogP contribution in [0.5, 0.6) is 5.75 Å². The summed E-state index contributed by atoms with van der Waals surface area (Å²) in [5.41, 5.74) is 1.64. The van der Waals surface area contributed by atoms with Gasteiger partial charge in [0.2, 0.25) is 0 Å². The third kappa shape index (κ3) is 4.82. The van der Waals surface area contributed by atoms with Crippen LogP contribution in [0.4, 0.5) is 0 Å². The Balaban J connectivity index is 2.15. The van der Waals surface area contributed by atoms with Gasteiger partial charge in [-0.25, -0.2) is 4.79 Å². The normalized spacial score (nSPS) is 11.1. The zero-order valence-electron chi connectivity index (χ0n) is 14.0. The summed E-state index contributed by atoms with van der Waals surface area (Å²) in [6.07, 6.45) is 0.270. The van der Waals surface area contributed by atoms with Gasteiger partial charge >= 0.3 is 5.97 Å². The molecule has 0 spiro atoms. The Morgan fingerprint density at radius 3 is 2.48 bits per heavy atom. The molecule has 0 unspecified atom stereocenters. The molecule has 25 heavy (non-hydrogen) atoms. The maximum Gasteiger partial charge on any atom is 0.328 e. The number of amides is 1. The van der Waals surface area contributed by atoms with E-state index >= 15 is 0 Å². The second-order valence-corrected chi connectivity index (χ2v) is 5.29. The lowest BCUT2D eigenvalue weighted by Crippen LogP contribution is -2.43. The number of hydrogen-bond donors (Lipinski definition) is 1. The van der Waals surface area contributed by atoms with Crippen molar-refractivity contribution < 1.29 is 19.1 Å². The van der Waals surface area contributed by atoms with E-state index in [1.165, 1.54) is 19.2 Å². The molecule has 1 amide bonds. The van der Waals surface area contributed by atoms with Crippen LogP contribution >= 0.6 is 0 Å². The van der Waals surface area contributed by atoms with Gasteiger partial charge in [0, 0.05) is 12.0 Å². The highest BCUT2D eigenvalue weighted by Gasteiger charge is 2.22. The number of carbonyl (C=O) groups is 2. The second kappa shape index (κ2) is 8.50. The minimum atomic E-state index is -0.833. The molecule has 6 heteroatoms. The fourth-order valence-corrected chi connectivity index (χ4v) is 2.31. The van der Waals surface area contributed by atoms with Crippen molar-refractivity contribution in [3.05, 3.63) is 65.2 Å². The summed E-state index contributed by atoms with van der Waals surface area (Å²) in [6, 6.07) is 14.6. The summed E-state index contributed by atoms with van der Waals surface area (Å²) >= 11 is 0. The summed E-state index contributed by atoms with van der Waals surface area (Å²) in [5, 5.41) is 11.5. The van der Waals surface area contributed by atoms with E-state index in [4.69, 9.17) is 14.7 Å². The summed E-state index contributed by atoms with van der Waals surface area (Å²) in [4.78, 5) is 24.4. The molecule has 0 radical (unpaired) electrons. The number of hydrogen-bond acceptors (Lipinski definition) is 5. The molecule has 0 aliphatic carbocycles. The van der Waals surface area contributed by atoms with Crippen molar-refractivity contribution in [3.8, 4) is 11.8 Å². The summed E-state index contributed by atoms with van der Waals surface area (Å²) in [6.45, 7) is 0. The van der Waals surface area contributed by atoms with Gasteiger partial charge in [0.25, 0.3) is 5.91 Å². The zero-order valence-corrected chi connectivity index (χ0v) is 14.0. The monoisotopic (exact) mass is 338 g/mol. The maximum absolute atomic E-state index is 12.4. The van der Waals surface area contributed by atoms with E-state index < -0.39 is 17.9 Å². The van der Waals surface area contributed by atoms with Crippen LogP contribution in [-0.4, -0.2) is 32.1 Å². The van der Waals surface area contributed by atoms with Gasteiger partial charge in [-0.15, -0.1) is 0 Å². The molecule has 2 rings (SSSR count). The van der Waals surface area contributed by atoms with E-state index in [1.54, 1.807) is 31.4 Å². The lowest BCUT2D eigenvalue weighted by Gasteiger charge is -2.17. The SMILES string of the molecule is COC(=O)[C@@H](Cc1cccc(OC)c1)NC(=O)c1ccc(C#N)cc1. The molecule has 2 aromatic carbocycles. The Kier molecular flexibility index (Phi) is 6.13. The zero-order chi connectivity index (χ0) is 18.2. The Labute approximate surface area is 146 Å². The molecular formula is C19H18N2O4. The third-order valence-electron chi connectivity index (χ3n) is 3.64. The number of esters is 1. The van der Waals surface area contributed by atoms with Crippen molar-refractivity contribution in [3.63, 3.8) is 0 Å². The highest BCUT2D eigenvalue weighted by Crippen LogP contribution is 2.15. The topological polar surface area (TPSA) is 88.4 Å². The van der Waals surface area contributed by atoms with Crippen LogP contribution in [0.1, 0.15) is 21.5 Å². The molecule has 0 aliphatic rings.